The minimum atomic E-state index is -0.815. The quantitative estimate of drug-likeness (QED) is 0.592. The SMILES string of the molecule is CCN(CC(=O)O)C1CCN(C(C)C(=O)NC(=O)NCC(C)C)CC1. The first-order valence-electron chi connectivity index (χ1n) is 9.03. The fourth-order valence-corrected chi connectivity index (χ4v) is 3.03. The Morgan fingerprint density at radius 3 is 2.28 bits per heavy atom. The Hall–Kier alpha value is -1.67. The first-order chi connectivity index (χ1) is 11.7. The highest BCUT2D eigenvalue weighted by Gasteiger charge is 2.30. The van der Waals surface area contributed by atoms with E-state index >= 15 is 0 Å². The van der Waals surface area contributed by atoms with Gasteiger partial charge in [0.2, 0.25) is 5.91 Å². The van der Waals surface area contributed by atoms with Crippen LogP contribution in [-0.2, 0) is 9.59 Å². The molecule has 8 heteroatoms. The fraction of sp³-hybridized carbons (Fsp3) is 0.824. The van der Waals surface area contributed by atoms with Crippen molar-refractivity contribution in [2.24, 2.45) is 5.92 Å². The number of amides is 3. The summed E-state index contributed by atoms with van der Waals surface area (Å²) in [7, 11) is 0. The number of carbonyl (C=O) groups excluding carboxylic acids is 2. The Morgan fingerprint density at radius 1 is 1.20 bits per heavy atom. The van der Waals surface area contributed by atoms with E-state index < -0.39 is 12.0 Å². The number of hydrogen-bond acceptors (Lipinski definition) is 5. The van der Waals surface area contributed by atoms with Crippen molar-refractivity contribution in [2.45, 2.75) is 52.6 Å². The van der Waals surface area contributed by atoms with Crippen molar-refractivity contribution in [3.8, 4) is 0 Å². The van der Waals surface area contributed by atoms with Gasteiger partial charge in [-0.3, -0.25) is 24.7 Å². The minimum absolute atomic E-state index is 0.0488. The van der Waals surface area contributed by atoms with E-state index in [0.29, 0.717) is 32.1 Å². The molecule has 8 nitrogen and oxygen atoms in total. The van der Waals surface area contributed by atoms with Gasteiger partial charge in [-0.05, 0) is 32.2 Å². The number of carboxylic acids is 1. The molecule has 1 aliphatic heterocycles. The molecule has 1 heterocycles. The van der Waals surface area contributed by atoms with Crippen molar-refractivity contribution in [3.63, 3.8) is 0 Å². The van der Waals surface area contributed by atoms with Gasteiger partial charge < -0.3 is 10.4 Å². The number of urea groups is 1. The lowest BCUT2D eigenvalue weighted by atomic mass is 10.0. The molecule has 0 spiro atoms. The van der Waals surface area contributed by atoms with Crippen LogP contribution in [-0.4, -0.2) is 77.6 Å². The molecule has 1 atom stereocenters. The first kappa shape index (κ1) is 21.4. The summed E-state index contributed by atoms with van der Waals surface area (Å²) in [6, 6.07) is -0.624. The van der Waals surface area contributed by atoms with E-state index in [0.717, 1.165) is 12.8 Å². The third-order valence-corrected chi connectivity index (χ3v) is 4.59. The van der Waals surface area contributed by atoms with Crippen LogP contribution in [0.25, 0.3) is 0 Å². The highest BCUT2D eigenvalue weighted by atomic mass is 16.4. The summed E-state index contributed by atoms with van der Waals surface area (Å²) < 4.78 is 0. The molecule has 0 aromatic rings. The van der Waals surface area contributed by atoms with Crippen molar-refractivity contribution in [1.29, 1.82) is 0 Å². The maximum Gasteiger partial charge on any atom is 0.321 e. The van der Waals surface area contributed by atoms with Gasteiger partial charge in [0.25, 0.3) is 0 Å². The normalized spacial score (nSPS) is 17.5. The van der Waals surface area contributed by atoms with Gasteiger partial charge in [-0.25, -0.2) is 4.79 Å². The molecule has 1 rings (SSSR count). The maximum absolute atomic E-state index is 12.2. The van der Waals surface area contributed by atoms with Crippen LogP contribution in [0.3, 0.4) is 0 Å². The molecule has 0 saturated carbocycles. The summed E-state index contributed by atoms with van der Waals surface area (Å²) >= 11 is 0. The van der Waals surface area contributed by atoms with Crippen LogP contribution in [0.1, 0.15) is 40.5 Å². The van der Waals surface area contributed by atoms with Crippen LogP contribution in [0.4, 0.5) is 4.79 Å². The van der Waals surface area contributed by atoms with Crippen LogP contribution >= 0.6 is 0 Å². The zero-order valence-corrected chi connectivity index (χ0v) is 15.7. The van der Waals surface area contributed by atoms with Crippen LogP contribution in [0.5, 0.6) is 0 Å². The van der Waals surface area contributed by atoms with Crippen LogP contribution in [0.2, 0.25) is 0 Å². The van der Waals surface area contributed by atoms with E-state index in [1.807, 2.05) is 30.6 Å². The summed E-state index contributed by atoms with van der Waals surface area (Å²) in [5, 5.41) is 14.0. The molecule has 0 radical (unpaired) electrons. The van der Waals surface area contributed by atoms with Crippen molar-refractivity contribution >= 4 is 17.9 Å². The molecule has 1 fully saturated rings. The molecule has 1 unspecified atom stereocenters. The number of rotatable bonds is 8. The monoisotopic (exact) mass is 356 g/mol. The van der Waals surface area contributed by atoms with Crippen molar-refractivity contribution in [3.05, 3.63) is 0 Å². The number of nitrogens with zero attached hydrogens (tertiary/aromatic N) is 2. The van der Waals surface area contributed by atoms with Crippen molar-refractivity contribution in [1.82, 2.24) is 20.4 Å². The average Bonchev–Trinajstić information content (AvgIpc) is 2.57. The van der Waals surface area contributed by atoms with E-state index in [9.17, 15) is 14.4 Å². The summed E-state index contributed by atoms with van der Waals surface area (Å²) in [5.74, 6) is -0.799. The Balaban J connectivity index is 2.43. The molecule has 3 N–H and O–H groups in total. The highest BCUT2D eigenvalue weighted by Crippen LogP contribution is 2.18. The van der Waals surface area contributed by atoms with Gasteiger partial charge in [-0.2, -0.15) is 0 Å². The van der Waals surface area contributed by atoms with Gasteiger partial charge in [-0.1, -0.05) is 20.8 Å². The Bertz CT molecular complexity index is 462. The molecule has 0 aromatic heterocycles. The summed E-state index contributed by atoms with van der Waals surface area (Å²) in [5.41, 5.74) is 0. The molecule has 0 bridgehead atoms. The molecular weight excluding hydrogens is 324 g/mol. The Kier molecular flexibility index (Phi) is 8.85. The van der Waals surface area contributed by atoms with Crippen LogP contribution in [0, 0.1) is 5.92 Å². The third kappa shape index (κ3) is 7.39. The number of carboxylic acid groups (broad SMARTS) is 1. The number of nitrogens with one attached hydrogen (secondary N) is 2. The van der Waals surface area contributed by atoms with Crippen LogP contribution in [0.15, 0.2) is 0 Å². The Morgan fingerprint density at radius 2 is 1.80 bits per heavy atom. The van der Waals surface area contributed by atoms with Gasteiger partial charge in [0.15, 0.2) is 0 Å². The number of carbonyl (C=O) groups is 3. The number of piperidine rings is 1. The second-order valence-corrected chi connectivity index (χ2v) is 6.99. The molecular formula is C17H32N4O4. The number of likely N-dealkylation sites (N-methyl/N-ethyl adjacent to an activating group) is 1. The maximum atomic E-state index is 12.2. The molecule has 0 aromatic carbocycles. The number of imide groups is 1. The van der Waals surface area contributed by atoms with Gasteiger partial charge in [-0.15, -0.1) is 0 Å². The molecule has 144 valence electrons. The standard InChI is InChI=1S/C17H32N4O4/c1-5-20(11-15(22)23)14-6-8-21(9-7-14)13(4)16(24)19-17(25)18-10-12(2)3/h12-14H,5-11H2,1-4H3,(H,22,23)(H2,18,19,24,25). The summed E-state index contributed by atoms with van der Waals surface area (Å²) in [4.78, 5) is 38.8. The lowest BCUT2D eigenvalue weighted by Crippen LogP contribution is -2.54. The molecule has 1 saturated heterocycles. The van der Waals surface area contributed by atoms with E-state index in [-0.39, 0.29) is 24.5 Å². The van der Waals surface area contributed by atoms with E-state index in [1.54, 1.807) is 6.92 Å². The molecule has 1 aliphatic rings. The van der Waals surface area contributed by atoms with Gasteiger partial charge in [0.05, 0.1) is 12.6 Å². The number of hydrogen-bond donors (Lipinski definition) is 3. The molecule has 0 aliphatic carbocycles. The Labute approximate surface area is 149 Å². The first-order valence-corrected chi connectivity index (χ1v) is 9.03. The predicted octanol–water partition coefficient (Wildman–Crippen LogP) is 0.728. The zero-order valence-electron chi connectivity index (χ0n) is 15.7. The fourth-order valence-electron chi connectivity index (χ4n) is 3.03. The molecule has 25 heavy (non-hydrogen) atoms. The van der Waals surface area contributed by atoms with Gasteiger partial charge in [0.1, 0.15) is 0 Å². The van der Waals surface area contributed by atoms with Crippen LogP contribution < -0.4 is 10.6 Å². The van der Waals surface area contributed by atoms with Crippen molar-refractivity contribution < 1.29 is 19.5 Å². The van der Waals surface area contributed by atoms with Gasteiger partial charge in [0, 0.05) is 25.7 Å². The van der Waals surface area contributed by atoms with Gasteiger partial charge >= 0.3 is 12.0 Å². The van der Waals surface area contributed by atoms with Crippen molar-refractivity contribution in [2.75, 3.05) is 32.7 Å². The largest absolute Gasteiger partial charge is 0.480 e. The lowest BCUT2D eigenvalue weighted by Gasteiger charge is -2.39. The average molecular weight is 356 g/mol. The van der Waals surface area contributed by atoms with E-state index in [2.05, 4.69) is 10.6 Å². The second-order valence-electron chi connectivity index (χ2n) is 6.99. The topological polar surface area (TPSA) is 102 Å². The minimum Gasteiger partial charge on any atom is -0.480 e. The highest BCUT2D eigenvalue weighted by molar-refractivity contribution is 5.96. The second kappa shape index (κ2) is 10.4. The zero-order chi connectivity index (χ0) is 19.0. The predicted molar refractivity (Wildman–Crippen MR) is 95.3 cm³/mol. The summed E-state index contributed by atoms with van der Waals surface area (Å²) in [6.07, 6.45) is 1.64. The van der Waals surface area contributed by atoms with E-state index in [4.69, 9.17) is 5.11 Å². The van der Waals surface area contributed by atoms with E-state index in [1.165, 1.54) is 0 Å². The molecule has 3 amide bonds. The number of likely N-dealkylation sites (tertiary alicyclic amines) is 1. The smallest absolute Gasteiger partial charge is 0.321 e. The lowest BCUT2D eigenvalue weighted by molar-refractivity contribution is -0.139. The summed E-state index contributed by atoms with van der Waals surface area (Å²) in [6.45, 7) is 10.4. The number of aliphatic carboxylic acids is 1. The third-order valence-electron chi connectivity index (χ3n) is 4.59.